The van der Waals surface area contributed by atoms with Gasteiger partial charge in [0.05, 0.1) is 21.4 Å². The molecule has 1 fully saturated rings. The summed E-state index contributed by atoms with van der Waals surface area (Å²) < 4.78 is 0. The number of likely N-dealkylation sites (N-methyl/N-ethyl adjacent to an activating group) is 2. The van der Waals surface area contributed by atoms with Crippen molar-refractivity contribution in [1.82, 2.24) is 4.90 Å². The van der Waals surface area contributed by atoms with Crippen molar-refractivity contribution in [3.63, 3.8) is 0 Å². The maximum Gasteiger partial charge on any atom is 0.0614 e. The first kappa shape index (κ1) is 14.8. The van der Waals surface area contributed by atoms with Crippen LogP contribution in [0.1, 0.15) is 19.8 Å². The molecule has 1 aliphatic heterocycles. The number of nitrogens with two attached hydrogens (primary N) is 1. The molecule has 2 rings (SSSR count). The fraction of sp³-hybridized carbons (Fsp3) is 0.571. The van der Waals surface area contributed by atoms with Gasteiger partial charge in [-0.3, -0.25) is 4.90 Å². The quantitative estimate of drug-likeness (QED) is 0.864. The fourth-order valence-corrected chi connectivity index (χ4v) is 3.15. The molecule has 1 aromatic rings. The second-order valence-electron chi connectivity index (χ2n) is 5.13. The van der Waals surface area contributed by atoms with Gasteiger partial charge in [-0.1, -0.05) is 30.1 Å². The van der Waals surface area contributed by atoms with E-state index in [-0.39, 0.29) is 0 Å². The van der Waals surface area contributed by atoms with Crippen LogP contribution in [0.2, 0.25) is 10.0 Å². The van der Waals surface area contributed by atoms with Gasteiger partial charge in [0.15, 0.2) is 0 Å². The van der Waals surface area contributed by atoms with Gasteiger partial charge >= 0.3 is 0 Å². The van der Waals surface area contributed by atoms with Crippen LogP contribution in [0.25, 0.3) is 0 Å². The number of nitrogens with zero attached hydrogens (tertiary/aromatic N) is 2. The topological polar surface area (TPSA) is 32.5 Å². The van der Waals surface area contributed by atoms with Crippen LogP contribution in [0.5, 0.6) is 0 Å². The number of rotatable bonds is 4. The monoisotopic (exact) mass is 301 g/mol. The Morgan fingerprint density at radius 2 is 2.05 bits per heavy atom. The lowest BCUT2D eigenvalue weighted by Gasteiger charge is -2.29. The molecule has 1 aromatic carbocycles. The highest BCUT2D eigenvalue weighted by atomic mass is 35.5. The molecule has 1 saturated heterocycles. The van der Waals surface area contributed by atoms with E-state index in [1.165, 1.54) is 19.4 Å². The third kappa shape index (κ3) is 3.28. The summed E-state index contributed by atoms with van der Waals surface area (Å²) in [6, 6.07) is 4.18. The Labute approximate surface area is 125 Å². The highest BCUT2D eigenvalue weighted by Crippen LogP contribution is 2.33. The Kier molecular flexibility index (Phi) is 4.82. The fourth-order valence-electron chi connectivity index (χ4n) is 2.81. The maximum absolute atomic E-state index is 6.08. The predicted octanol–water partition coefficient (Wildman–Crippen LogP) is 3.50. The van der Waals surface area contributed by atoms with E-state index >= 15 is 0 Å². The standard InChI is InChI=1S/C14H21Cl2N3/c1-3-19-6-4-5-10(19)9-18(2)14-8-12(16)11(15)7-13(14)17/h7-8,10H,3-6,9,17H2,1-2H3. The SMILES string of the molecule is CCN1CCCC1CN(C)c1cc(Cl)c(Cl)cc1N. The van der Waals surface area contributed by atoms with Crippen molar-refractivity contribution in [2.75, 3.05) is 37.3 Å². The lowest BCUT2D eigenvalue weighted by atomic mass is 10.2. The van der Waals surface area contributed by atoms with Crippen LogP contribution in [0, 0.1) is 0 Å². The second-order valence-corrected chi connectivity index (χ2v) is 5.94. The molecule has 0 spiro atoms. The van der Waals surface area contributed by atoms with Gasteiger partial charge in [0, 0.05) is 19.6 Å². The third-order valence-corrected chi connectivity index (χ3v) is 4.59. The average molecular weight is 302 g/mol. The molecular formula is C14H21Cl2N3. The minimum absolute atomic E-state index is 0.507. The minimum Gasteiger partial charge on any atom is -0.397 e. The summed E-state index contributed by atoms with van der Waals surface area (Å²) in [5, 5.41) is 1.06. The normalized spacial score (nSPS) is 19.9. The van der Waals surface area contributed by atoms with Gasteiger partial charge in [-0.05, 0) is 38.1 Å². The van der Waals surface area contributed by atoms with Gasteiger partial charge < -0.3 is 10.6 Å². The van der Waals surface area contributed by atoms with Gasteiger partial charge in [-0.15, -0.1) is 0 Å². The number of nitrogen functional groups attached to an aromatic ring is 1. The van der Waals surface area contributed by atoms with E-state index in [0.717, 1.165) is 18.8 Å². The number of anilines is 2. The smallest absolute Gasteiger partial charge is 0.0614 e. The highest BCUT2D eigenvalue weighted by molar-refractivity contribution is 6.42. The molecule has 2 N–H and O–H groups in total. The Bertz CT molecular complexity index is 451. The Balaban J connectivity index is 2.11. The second kappa shape index (κ2) is 6.21. The van der Waals surface area contributed by atoms with Crippen molar-refractivity contribution in [2.24, 2.45) is 0 Å². The Morgan fingerprint density at radius 1 is 1.37 bits per heavy atom. The minimum atomic E-state index is 0.507. The van der Waals surface area contributed by atoms with Crippen LogP contribution in [0.3, 0.4) is 0 Å². The van der Waals surface area contributed by atoms with Crippen LogP contribution in [-0.4, -0.2) is 37.6 Å². The van der Waals surface area contributed by atoms with Crippen LogP contribution in [0.15, 0.2) is 12.1 Å². The first-order valence-electron chi connectivity index (χ1n) is 6.72. The van der Waals surface area contributed by atoms with Crippen LogP contribution >= 0.6 is 23.2 Å². The molecule has 1 heterocycles. The summed E-state index contributed by atoms with van der Waals surface area (Å²) in [6.07, 6.45) is 2.53. The van der Waals surface area contributed by atoms with Crippen molar-refractivity contribution >= 4 is 34.6 Å². The number of likely N-dealkylation sites (tertiary alicyclic amines) is 1. The molecule has 1 aliphatic rings. The first-order chi connectivity index (χ1) is 9.02. The van der Waals surface area contributed by atoms with Gasteiger partial charge in [-0.2, -0.15) is 0 Å². The van der Waals surface area contributed by atoms with Gasteiger partial charge in [-0.25, -0.2) is 0 Å². The molecule has 3 nitrogen and oxygen atoms in total. The van der Waals surface area contributed by atoms with Crippen molar-refractivity contribution in [2.45, 2.75) is 25.8 Å². The molecule has 1 atom stereocenters. The molecule has 0 aliphatic carbocycles. The number of benzene rings is 1. The summed E-state index contributed by atoms with van der Waals surface area (Å²) in [7, 11) is 2.06. The molecule has 19 heavy (non-hydrogen) atoms. The zero-order valence-corrected chi connectivity index (χ0v) is 13.0. The molecule has 106 valence electrons. The van der Waals surface area contributed by atoms with E-state index in [2.05, 4.69) is 23.8 Å². The van der Waals surface area contributed by atoms with E-state index in [1.807, 2.05) is 6.07 Å². The van der Waals surface area contributed by atoms with Crippen LogP contribution < -0.4 is 10.6 Å². The molecular weight excluding hydrogens is 281 g/mol. The van der Waals surface area contributed by atoms with E-state index in [9.17, 15) is 0 Å². The summed E-state index contributed by atoms with van der Waals surface area (Å²) in [6.45, 7) is 5.49. The average Bonchev–Trinajstić information content (AvgIpc) is 2.80. The summed E-state index contributed by atoms with van der Waals surface area (Å²) in [5.41, 5.74) is 7.67. The van der Waals surface area contributed by atoms with Crippen LogP contribution in [0.4, 0.5) is 11.4 Å². The molecule has 0 aromatic heterocycles. The van der Waals surface area contributed by atoms with E-state index in [4.69, 9.17) is 28.9 Å². The summed E-state index contributed by atoms with van der Waals surface area (Å²) in [5.74, 6) is 0. The van der Waals surface area contributed by atoms with Crippen LogP contribution in [-0.2, 0) is 0 Å². The van der Waals surface area contributed by atoms with E-state index in [0.29, 0.717) is 21.8 Å². The van der Waals surface area contributed by atoms with Crippen molar-refractivity contribution < 1.29 is 0 Å². The molecule has 1 unspecified atom stereocenters. The van der Waals surface area contributed by atoms with E-state index < -0.39 is 0 Å². The third-order valence-electron chi connectivity index (χ3n) is 3.87. The van der Waals surface area contributed by atoms with Crippen molar-refractivity contribution in [3.05, 3.63) is 22.2 Å². The summed E-state index contributed by atoms with van der Waals surface area (Å²) >= 11 is 12.0. The Morgan fingerprint density at radius 3 is 2.74 bits per heavy atom. The Hall–Kier alpha value is -0.640. The summed E-state index contributed by atoms with van der Waals surface area (Å²) in [4.78, 5) is 4.69. The molecule has 0 saturated carbocycles. The lowest BCUT2D eigenvalue weighted by molar-refractivity contribution is 0.270. The number of hydrogen-bond donors (Lipinski definition) is 1. The van der Waals surface area contributed by atoms with E-state index in [1.54, 1.807) is 6.07 Å². The predicted molar refractivity (Wildman–Crippen MR) is 84.4 cm³/mol. The molecule has 5 heteroatoms. The van der Waals surface area contributed by atoms with Gasteiger partial charge in [0.1, 0.15) is 0 Å². The number of halogens is 2. The van der Waals surface area contributed by atoms with Gasteiger partial charge in [0.25, 0.3) is 0 Å². The van der Waals surface area contributed by atoms with Crippen molar-refractivity contribution in [3.8, 4) is 0 Å². The highest BCUT2D eigenvalue weighted by Gasteiger charge is 2.24. The molecule has 0 radical (unpaired) electrons. The molecule has 0 bridgehead atoms. The lowest BCUT2D eigenvalue weighted by Crippen LogP contribution is -2.38. The zero-order chi connectivity index (χ0) is 14.0. The number of hydrogen-bond acceptors (Lipinski definition) is 3. The zero-order valence-electron chi connectivity index (χ0n) is 11.5. The van der Waals surface area contributed by atoms with Gasteiger partial charge in [0.2, 0.25) is 0 Å². The largest absolute Gasteiger partial charge is 0.397 e. The first-order valence-corrected chi connectivity index (χ1v) is 7.48. The van der Waals surface area contributed by atoms with Crippen molar-refractivity contribution in [1.29, 1.82) is 0 Å². The molecule has 0 amide bonds. The maximum atomic E-state index is 6.08.